The van der Waals surface area contributed by atoms with Crippen LogP contribution in [-0.2, 0) is 0 Å². The molecule has 0 amide bonds. The molecular weight excluding hydrogens is 289 g/mol. The molecule has 0 heterocycles. The summed E-state index contributed by atoms with van der Waals surface area (Å²) in [6, 6.07) is 32.3. The van der Waals surface area contributed by atoms with Crippen LogP contribution in [0, 0.1) is 0 Å². The molecule has 3 aromatic carbocycles. The van der Waals surface area contributed by atoms with Crippen LogP contribution in [0.3, 0.4) is 0 Å². The van der Waals surface area contributed by atoms with Gasteiger partial charge in [0.2, 0.25) is 0 Å². The second kappa shape index (κ2) is 8.63. The number of benzene rings is 3. The molecule has 0 radical (unpaired) electrons. The van der Waals surface area contributed by atoms with E-state index >= 15 is 0 Å². The minimum Gasteiger partial charge on any atom is -0.373 e. The number of nitrogens with zero attached hydrogens (tertiary/aromatic N) is 3. The zero-order valence-electron chi connectivity index (χ0n) is 11.9. The summed E-state index contributed by atoms with van der Waals surface area (Å²) in [7, 11) is -0.446. The van der Waals surface area contributed by atoms with Crippen LogP contribution >= 0.6 is 7.92 Å². The Kier molecular flexibility index (Phi) is 6.19. The fourth-order valence-corrected chi connectivity index (χ4v) is 4.48. The van der Waals surface area contributed by atoms with Crippen LogP contribution in [-0.4, -0.2) is 0 Å². The van der Waals surface area contributed by atoms with E-state index in [0.29, 0.717) is 0 Å². The third-order valence-electron chi connectivity index (χ3n) is 3.04. The lowest BCUT2D eigenvalue weighted by Gasteiger charge is -2.18. The smallest absolute Gasteiger partial charge is 0.0134 e. The van der Waals surface area contributed by atoms with Crippen molar-refractivity contribution < 1.29 is 0 Å². The molecule has 0 saturated carbocycles. The van der Waals surface area contributed by atoms with Gasteiger partial charge in [0.05, 0.1) is 0 Å². The first-order valence-corrected chi connectivity index (χ1v) is 8.14. The van der Waals surface area contributed by atoms with E-state index in [-0.39, 0.29) is 0 Å². The van der Waals surface area contributed by atoms with E-state index in [2.05, 4.69) is 91.0 Å². The highest BCUT2D eigenvalue weighted by Gasteiger charge is 2.14. The first-order chi connectivity index (χ1) is 10.9. The largest absolute Gasteiger partial charge is 0.373 e. The maximum absolute atomic E-state index is 6.75. The van der Waals surface area contributed by atoms with Crippen molar-refractivity contribution in [3.05, 3.63) is 107 Å². The highest BCUT2D eigenvalue weighted by Crippen LogP contribution is 2.32. The Morgan fingerprint density at radius 3 is 0.955 bits per heavy atom. The molecule has 0 aliphatic carbocycles. The highest BCUT2D eigenvalue weighted by atomic mass is 31.1. The topological polar surface area (TPSA) is 58.7 Å². The zero-order valence-corrected chi connectivity index (χ0v) is 12.8. The van der Waals surface area contributed by atoms with E-state index in [0.717, 1.165) is 0 Å². The summed E-state index contributed by atoms with van der Waals surface area (Å²) in [6.07, 6.45) is 0. The second-order valence-electron chi connectivity index (χ2n) is 4.43. The fourth-order valence-electron chi connectivity index (χ4n) is 2.18. The molecule has 0 N–H and O–H groups in total. The summed E-state index contributed by atoms with van der Waals surface area (Å²) in [5, 5.41) is 4.19. The van der Waals surface area contributed by atoms with Crippen LogP contribution < -0.4 is 15.9 Å². The molecule has 3 aromatic rings. The molecule has 0 aliphatic heterocycles. The SMILES string of the molecule is [N-]=[N+]=[N-].c1ccc(P(c2ccccc2)c2ccccc2)cc1. The molecule has 3 nitrogen and oxygen atoms in total. The van der Waals surface area contributed by atoms with Gasteiger partial charge in [0.15, 0.2) is 0 Å². The van der Waals surface area contributed by atoms with E-state index < -0.39 is 7.92 Å². The summed E-state index contributed by atoms with van der Waals surface area (Å²) in [4.78, 5) is 1.50. The Balaban J connectivity index is 0.000000545. The lowest BCUT2D eigenvalue weighted by molar-refractivity contribution is 1.74. The first-order valence-electron chi connectivity index (χ1n) is 6.80. The quantitative estimate of drug-likeness (QED) is 0.300. The predicted molar refractivity (Wildman–Crippen MR) is 95.2 cm³/mol. The van der Waals surface area contributed by atoms with Gasteiger partial charge >= 0.3 is 0 Å². The van der Waals surface area contributed by atoms with Gasteiger partial charge in [-0.3, -0.25) is 4.91 Å². The maximum Gasteiger partial charge on any atom is -0.0134 e. The summed E-state index contributed by atoms with van der Waals surface area (Å²) in [5.41, 5.74) is 13.5. The molecule has 0 aromatic heterocycles. The van der Waals surface area contributed by atoms with Crippen molar-refractivity contribution in [2.24, 2.45) is 0 Å². The molecule has 0 unspecified atom stereocenters. The van der Waals surface area contributed by atoms with Gasteiger partial charge in [-0.25, -0.2) is 0 Å². The number of rotatable bonds is 3. The Labute approximate surface area is 131 Å². The molecule has 0 spiro atoms. The Morgan fingerprint density at radius 2 is 0.727 bits per heavy atom. The zero-order chi connectivity index (χ0) is 15.6. The molecular formula is C18H15N3P-. The van der Waals surface area contributed by atoms with Gasteiger partial charge in [0.25, 0.3) is 0 Å². The molecule has 4 heteroatoms. The molecule has 108 valence electrons. The third-order valence-corrected chi connectivity index (χ3v) is 5.49. The second-order valence-corrected chi connectivity index (χ2v) is 6.65. The lowest BCUT2D eigenvalue weighted by atomic mass is 10.4. The molecule has 0 aliphatic rings. The minimum absolute atomic E-state index is 0.446. The average molecular weight is 304 g/mol. The fraction of sp³-hybridized carbons (Fsp3) is 0. The normalized spacial score (nSPS) is 9.50. The monoisotopic (exact) mass is 304 g/mol. The molecule has 0 fully saturated rings. The molecule has 22 heavy (non-hydrogen) atoms. The van der Waals surface area contributed by atoms with Gasteiger partial charge in [-0.1, -0.05) is 91.0 Å². The van der Waals surface area contributed by atoms with Crippen molar-refractivity contribution in [3.8, 4) is 0 Å². The summed E-state index contributed by atoms with van der Waals surface area (Å²) < 4.78 is 0. The van der Waals surface area contributed by atoms with Crippen LogP contribution in [0.4, 0.5) is 0 Å². The predicted octanol–water partition coefficient (Wildman–Crippen LogP) is 4.31. The Hall–Kier alpha value is -2.60. The van der Waals surface area contributed by atoms with E-state index in [1.807, 2.05) is 0 Å². The van der Waals surface area contributed by atoms with Crippen molar-refractivity contribution in [3.63, 3.8) is 0 Å². The highest BCUT2D eigenvalue weighted by molar-refractivity contribution is 7.79. The van der Waals surface area contributed by atoms with Crippen molar-refractivity contribution >= 4 is 23.8 Å². The van der Waals surface area contributed by atoms with Crippen molar-refractivity contribution in [2.75, 3.05) is 0 Å². The first kappa shape index (κ1) is 15.8. The van der Waals surface area contributed by atoms with Crippen molar-refractivity contribution in [2.45, 2.75) is 0 Å². The van der Waals surface area contributed by atoms with Gasteiger partial charge in [-0.2, -0.15) is 0 Å². The number of hydrogen-bond donors (Lipinski definition) is 0. The maximum atomic E-state index is 6.75. The molecule has 0 saturated heterocycles. The van der Waals surface area contributed by atoms with Crippen LogP contribution in [0.2, 0.25) is 0 Å². The van der Waals surface area contributed by atoms with Crippen molar-refractivity contribution in [1.29, 1.82) is 0 Å². The van der Waals surface area contributed by atoms with Gasteiger partial charge in [-0.15, -0.1) is 0 Å². The van der Waals surface area contributed by atoms with Crippen LogP contribution in [0.15, 0.2) is 91.0 Å². The standard InChI is InChI=1S/C18H15P.N3/c1-4-10-16(11-5-1)19(17-12-6-2-7-13-17)18-14-8-3-9-15-18;1-3-2/h1-15H;/q;-1. The van der Waals surface area contributed by atoms with E-state index in [9.17, 15) is 0 Å². The molecule has 0 atom stereocenters. The van der Waals surface area contributed by atoms with Gasteiger partial charge < -0.3 is 11.1 Å². The summed E-state index contributed by atoms with van der Waals surface area (Å²) >= 11 is 0. The van der Waals surface area contributed by atoms with Gasteiger partial charge in [0.1, 0.15) is 0 Å². The van der Waals surface area contributed by atoms with E-state index in [4.69, 9.17) is 11.1 Å². The third kappa shape index (κ3) is 4.20. The van der Waals surface area contributed by atoms with Gasteiger partial charge in [-0.05, 0) is 23.8 Å². The Morgan fingerprint density at radius 1 is 0.500 bits per heavy atom. The van der Waals surface area contributed by atoms with Gasteiger partial charge in [0, 0.05) is 0 Å². The Bertz CT molecular complexity index is 615. The van der Waals surface area contributed by atoms with Crippen LogP contribution in [0.5, 0.6) is 0 Å². The van der Waals surface area contributed by atoms with Crippen LogP contribution in [0.1, 0.15) is 0 Å². The van der Waals surface area contributed by atoms with E-state index in [1.165, 1.54) is 20.8 Å². The van der Waals surface area contributed by atoms with Crippen LogP contribution in [0.25, 0.3) is 16.0 Å². The lowest BCUT2D eigenvalue weighted by Crippen LogP contribution is -2.20. The van der Waals surface area contributed by atoms with E-state index in [1.54, 1.807) is 0 Å². The molecule has 3 rings (SSSR count). The average Bonchev–Trinajstić information content (AvgIpc) is 2.59. The van der Waals surface area contributed by atoms with Crippen molar-refractivity contribution in [1.82, 2.24) is 0 Å². The molecule has 0 bridgehead atoms. The summed E-state index contributed by atoms with van der Waals surface area (Å²) in [6.45, 7) is 0. The number of hydrogen-bond acceptors (Lipinski definition) is 0. The minimum atomic E-state index is -0.446. The summed E-state index contributed by atoms with van der Waals surface area (Å²) in [5.74, 6) is 0.